The molecule has 0 atom stereocenters. The van der Waals surface area contributed by atoms with E-state index in [-0.39, 0.29) is 24.8 Å². The third-order valence-corrected chi connectivity index (χ3v) is 2.09. The first-order valence-electron chi connectivity index (χ1n) is 4.19. The van der Waals surface area contributed by atoms with Gasteiger partial charge in [0.2, 0.25) is 0 Å². The number of nitrogen functional groups attached to an aromatic ring is 2. The van der Waals surface area contributed by atoms with Crippen LogP contribution < -0.4 is 16.4 Å². The maximum Gasteiger partial charge on any atom is 0.0895 e. The molecule has 0 aliphatic carbocycles. The lowest BCUT2D eigenvalue weighted by molar-refractivity contribution is 1.02. The van der Waals surface area contributed by atoms with E-state index in [1.807, 2.05) is 24.5 Å². The molecule has 0 amide bonds. The summed E-state index contributed by atoms with van der Waals surface area (Å²) in [5.41, 5.74) is 13.6. The Balaban J connectivity index is 0.000000980. The van der Waals surface area contributed by atoms with Crippen LogP contribution in [-0.4, -0.2) is 19.4 Å². The number of rotatable bonds is 1. The number of aliphatic imine (C=N–C) groups is 1. The van der Waals surface area contributed by atoms with Gasteiger partial charge in [-0.15, -0.1) is 24.8 Å². The summed E-state index contributed by atoms with van der Waals surface area (Å²) in [7, 11) is 0. The van der Waals surface area contributed by atoms with Crippen LogP contribution >= 0.6 is 24.8 Å². The zero-order chi connectivity index (χ0) is 9.26. The van der Waals surface area contributed by atoms with Crippen LogP contribution in [0.2, 0.25) is 0 Å². The highest BCUT2D eigenvalue weighted by atomic mass is 35.5. The maximum absolute atomic E-state index is 5.69. The fourth-order valence-electron chi connectivity index (χ4n) is 1.32. The molecule has 4 nitrogen and oxygen atoms in total. The zero-order valence-corrected chi connectivity index (χ0v) is 9.72. The average Bonchev–Trinajstić information content (AvgIpc) is 2.62. The van der Waals surface area contributed by atoms with Gasteiger partial charge in [0.15, 0.2) is 0 Å². The molecule has 0 saturated heterocycles. The molecule has 1 aromatic carbocycles. The van der Waals surface area contributed by atoms with Gasteiger partial charge in [-0.2, -0.15) is 0 Å². The van der Waals surface area contributed by atoms with Crippen molar-refractivity contribution >= 4 is 48.2 Å². The van der Waals surface area contributed by atoms with Crippen LogP contribution in [0.1, 0.15) is 0 Å². The van der Waals surface area contributed by atoms with E-state index in [2.05, 4.69) is 9.89 Å². The molecule has 1 aliphatic rings. The highest BCUT2D eigenvalue weighted by molar-refractivity contribution is 5.85. The Morgan fingerprint density at radius 3 is 2.40 bits per heavy atom. The van der Waals surface area contributed by atoms with Crippen molar-refractivity contribution in [2.75, 3.05) is 29.5 Å². The van der Waals surface area contributed by atoms with E-state index < -0.39 is 0 Å². The Bertz CT molecular complexity index is 354. The Hall–Kier alpha value is -1.13. The first-order valence-corrected chi connectivity index (χ1v) is 4.19. The molecule has 15 heavy (non-hydrogen) atoms. The first-order chi connectivity index (χ1) is 6.27. The summed E-state index contributed by atoms with van der Waals surface area (Å²) in [4.78, 5) is 6.17. The van der Waals surface area contributed by atoms with Crippen LogP contribution in [-0.2, 0) is 0 Å². The molecule has 2 rings (SSSR count). The molecular weight excluding hydrogens is 235 g/mol. The van der Waals surface area contributed by atoms with E-state index in [1.54, 1.807) is 0 Å². The lowest BCUT2D eigenvalue weighted by Gasteiger charge is -2.14. The number of hydrogen-bond donors (Lipinski definition) is 2. The van der Waals surface area contributed by atoms with E-state index >= 15 is 0 Å². The topological polar surface area (TPSA) is 67.6 Å². The molecular formula is C9H14Cl2N4. The summed E-state index contributed by atoms with van der Waals surface area (Å²) < 4.78 is 0. The Labute approximate surface area is 101 Å². The van der Waals surface area contributed by atoms with E-state index in [1.165, 1.54) is 0 Å². The predicted octanol–water partition coefficient (Wildman–Crippen LogP) is 1.54. The predicted molar refractivity (Wildman–Crippen MR) is 70.5 cm³/mol. The SMILES string of the molecule is Cl.Cl.Nc1ccc(N2C=NCC2)cc1N. The maximum atomic E-state index is 5.69. The van der Waals surface area contributed by atoms with E-state index in [0.717, 1.165) is 18.8 Å². The van der Waals surface area contributed by atoms with Crippen molar-refractivity contribution in [1.82, 2.24) is 0 Å². The molecule has 0 spiro atoms. The molecule has 1 heterocycles. The Kier molecular flexibility index (Phi) is 5.25. The molecule has 0 saturated carbocycles. The summed E-state index contributed by atoms with van der Waals surface area (Å²) in [5.74, 6) is 0. The van der Waals surface area contributed by atoms with Gasteiger partial charge in [-0.25, -0.2) is 0 Å². The molecule has 0 fully saturated rings. The van der Waals surface area contributed by atoms with Crippen LogP contribution in [0.15, 0.2) is 23.2 Å². The standard InChI is InChI=1S/C9H12N4.2ClH/c10-8-2-1-7(5-9(8)11)13-4-3-12-6-13;;/h1-2,5-6H,3-4,10-11H2;2*1H. The number of hydrogen-bond acceptors (Lipinski definition) is 4. The van der Waals surface area contributed by atoms with Gasteiger partial charge < -0.3 is 16.4 Å². The lowest BCUT2D eigenvalue weighted by Crippen LogP contribution is -2.18. The Morgan fingerprint density at radius 1 is 1.13 bits per heavy atom. The molecule has 1 aliphatic heterocycles. The number of halogens is 2. The summed E-state index contributed by atoms with van der Waals surface area (Å²) in [6, 6.07) is 5.63. The molecule has 0 radical (unpaired) electrons. The van der Waals surface area contributed by atoms with E-state index in [9.17, 15) is 0 Å². The second-order valence-corrected chi connectivity index (χ2v) is 3.03. The first kappa shape index (κ1) is 13.9. The summed E-state index contributed by atoms with van der Waals surface area (Å²) in [6.45, 7) is 1.77. The second kappa shape index (κ2) is 5.68. The van der Waals surface area contributed by atoms with Crippen molar-refractivity contribution in [3.8, 4) is 0 Å². The molecule has 84 valence electrons. The van der Waals surface area contributed by atoms with Gasteiger partial charge in [0.05, 0.1) is 24.3 Å². The van der Waals surface area contributed by atoms with Crippen LogP contribution in [0.3, 0.4) is 0 Å². The molecule has 1 aromatic rings. The van der Waals surface area contributed by atoms with Gasteiger partial charge in [0.25, 0.3) is 0 Å². The lowest BCUT2D eigenvalue weighted by atomic mass is 10.2. The van der Waals surface area contributed by atoms with Crippen molar-refractivity contribution < 1.29 is 0 Å². The number of nitrogens with two attached hydrogens (primary N) is 2. The van der Waals surface area contributed by atoms with Crippen LogP contribution in [0.5, 0.6) is 0 Å². The normalized spacial score (nSPS) is 13.2. The van der Waals surface area contributed by atoms with Crippen molar-refractivity contribution in [3.05, 3.63) is 18.2 Å². The third kappa shape index (κ3) is 2.91. The van der Waals surface area contributed by atoms with E-state index in [0.29, 0.717) is 11.4 Å². The minimum atomic E-state index is 0. The minimum absolute atomic E-state index is 0. The van der Waals surface area contributed by atoms with Crippen LogP contribution in [0.4, 0.5) is 17.1 Å². The van der Waals surface area contributed by atoms with Gasteiger partial charge in [-0.3, -0.25) is 4.99 Å². The fourth-order valence-corrected chi connectivity index (χ4v) is 1.32. The van der Waals surface area contributed by atoms with E-state index in [4.69, 9.17) is 11.5 Å². The fraction of sp³-hybridized carbons (Fsp3) is 0.222. The molecule has 6 heteroatoms. The second-order valence-electron chi connectivity index (χ2n) is 3.03. The van der Waals surface area contributed by atoms with Gasteiger partial charge in [-0.05, 0) is 18.2 Å². The zero-order valence-electron chi connectivity index (χ0n) is 8.09. The van der Waals surface area contributed by atoms with Crippen molar-refractivity contribution in [2.24, 2.45) is 4.99 Å². The number of nitrogens with zero attached hydrogens (tertiary/aromatic N) is 2. The number of benzene rings is 1. The van der Waals surface area contributed by atoms with Gasteiger partial charge in [-0.1, -0.05) is 0 Å². The highest BCUT2D eigenvalue weighted by Gasteiger charge is 2.08. The highest BCUT2D eigenvalue weighted by Crippen LogP contribution is 2.22. The minimum Gasteiger partial charge on any atom is -0.397 e. The quantitative estimate of drug-likeness (QED) is 0.742. The largest absolute Gasteiger partial charge is 0.397 e. The molecule has 4 N–H and O–H groups in total. The summed E-state index contributed by atoms with van der Waals surface area (Å²) in [6.07, 6.45) is 1.82. The van der Waals surface area contributed by atoms with Crippen LogP contribution in [0.25, 0.3) is 0 Å². The van der Waals surface area contributed by atoms with Crippen molar-refractivity contribution in [3.63, 3.8) is 0 Å². The van der Waals surface area contributed by atoms with Crippen molar-refractivity contribution in [1.29, 1.82) is 0 Å². The van der Waals surface area contributed by atoms with Gasteiger partial charge in [0, 0.05) is 12.2 Å². The smallest absolute Gasteiger partial charge is 0.0895 e. The van der Waals surface area contributed by atoms with Gasteiger partial charge >= 0.3 is 0 Å². The van der Waals surface area contributed by atoms with Crippen molar-refractivity contribution in [2.45, 2.75) is 0 Å². The summed E-state index contributed by atoms with van der Waals surface area (Å²) >= 11 is 0. The average molecular weight is 249 g/mol. The monoisotopic (exact) mass is 248 g/mol. The number of anilines is 3. The molecule has 0 unspecified atom stereocenters. The van der Waals surface area contributed by atoms with Gasteiger partial charge in [0.1, 0.15) is 0 Å². The third-order valence-electron chi connectivity index (χ3n) is 2.09. The summed E-state index contributed by atoms with van der Waals surface area (Å²) in [5, 5.41) is 0. The molecule has 0 bridgehead atoms. The Morgan fingerprint density at radius 2 is 1.87 bits per heavy atom. The van der Waals surface area contributed by atoms with Crippen LogP contribution in [0, 0.1) is 0 Å². The molecule has 0 aromatic heterocycles.